The first-order valence-electron chi connectivity index (χ1n) is 9.62. The zero-order valence-corrected chi connectivity index (χ0v) is 16.7. The molecule has 0 bridgehead atoms. The number of likely N-dealkylation sites (N-methyl/N-ethyl adjacent to an activating group) is 1. The van der Waals surface area contributed by atoms with E-state index in [1.165, 1.54) is 6.07 Å². The second-order valence-electron chi connectivity index (χ2n) is 7.98. The number of nitrogens with zero attached hydrogens (tertiary/aromatic N) is 4. The van der Waals surface area contributed by atoms with Gasteiger partial charge in [-0.3, -0.25) is 9.69 Å². The third-order valence-electron chi connectivity index (χ3n) is 5.03. The van der Waals surface area contributed by atoms with Crippen LogP contribution in [0.4, 0.5) is 4.39 Å². The van der Waals surface area contributed by atoms with Crippen molar-refractivity contribution in [1.29, 1.82) is 0 Å². The SMILES string of the molecule is Cc1cc(-c2cc(CN3CCN(C)CC3)c(=O)n(CC(C)C)n2)ccc1F. The van der Waals surface area contributed by atoms with Gasteiger partial charge in [-0.05, 0) is 49.7 Å². The van der Waals surface area contributed by atoms with Crippen LogP contribution in [-0.4, -0.2) is 52.8 Å². The van der Waals surface area contributed by atoms with E-state index in [1.54, 1.807) is 23.7 Å². The van der Waals surface area contributed by atoms with E-state index < -0.39 is 0 Å². The molecule has 0 radical (unpaired) electrons. The van der Waals surface area contributed by atoms with Gasteiger partial charge >= 0.3 is 0 Å². The highest BCUT2D eigenvalue weighted by molar-refractivity contribution is 5.60. The Hall–Kier alpha value is -2.05. The van der Waals surface area contributed by atoms with Crippen molar-refractivity contribution in [2.24, 2.45) is 5.92 Å². The van der Waals surface area contributed by atoms with E-state index in [0.29, 0.717) is 24.6 Å². The summed E-state index contributed by atoms with van der Waals surface area (Å²) in [6.45, 7) is 11.0. The Morgan fingerprint density at radius 3 is 2.48 bits per heavy atom. The lowest BCUT2D eigenvalue weighted by Crippen LogP contribution is -2.45. The van der Waals surface area contributed by atoms with E-state index >= 15 is 0 Å². The van der Waals surface area contributed by atoms with E-state index in [4.69, 9.17) is 0 Å². The molecule has 0 atom stereocenters. The minimum absolute atomic E-state index is 0.0230. The minimum Gasteiger partial charge on any atom is -0.304 e. The third-order valence-corrected chi connectivity index (χ3v) is 5.03. The largest absolute Gasteiger partial charge is 0.304 e. The minimum atomic E-state index is -0.230. The number of halogens is 1. The lowest BCUT2D eigenvalue weighted by Gasteiger charge is -2.32. The number of rotatable bonds is 5. The van der Waals surface area contributed by atoms with Gasteiger partial charge in [-0.1, -0.05) is 13.8 Å². The highest BCUT2D eigenvalue weighted by atomic mass is 19.1. The van der Waals surface area contributed by atoms with Crippen molar-refractivity contribution >= 4 is 0 Å². The monoisotopic (exact) mass is 372 g/mol. The molecule has 0 amide bonds. The molecule has 1 aliphatic rings. The van der Waals surface area contributed by atoms with E-state index in [9.17, 15) is 9.18 Å². The van der Waals surface area contributed by atoms with Crippen LogP contribution in [0.5, 0.6) is 0 Å². The molecular weight excluding hydrogens is 343 g/mol. The number of aryl methyl sites for hydroxylation is 1. The maximum atomic E-state index is 13.7. The third kappa shape index (κ3) is 4.82. The molecule has 1 aromatic carbocycles. The van der Waals surface area contributed by atoms with Crippen LogP contribution in [0.25, 0.3) is 11.3 Å². The van der Waals surface area contributed by atoms with E-state index in [2.05, 4.69) is 35.8 Å². The molecule has 3 rings (SSSR count). The summed E-state index contributed by atoms with van der Waals surface area (Å²) in [7, 11) is 2.12. The molecule has 1 saturated heterocycles. The summed E-state index contributed by atoms with van der Waals surface area (Å²) in [4.78, 5) is 17.6. The van der Waals surface area contributed by atoms with E-state index in [-0.39, 0.29) is 11.4 Å². The predicted molar refractivity (Wildman–Crippen MR) is 106 cm³/mol. The van der Waals surface area contributed by atoms with Gasteiger partial charge < -0.3 is 4.90 Å². The predicted octanol–water partition coefficient (Wildman–Crippen LogP) is 2.76. The zero-order chi connectivity index (χ0) is 19.6. The fourth-order valence-corrected chi connectivity index (χ4v) is 3.37. The molecule has 1 aliphatic heterocycles. The first kappa shape index (κ1) is 19.7. The van der Waals surface area contributed by atoms with Crippen LogP contribution < -0.4 is 5.56 Å². The van der Waals surface area contributed by atoms with Crippen LogP contribution in [-0.2, 0) is 13.1 Å². The topological polar surface area (TPSA) is 41.4 Å². The molecule has 1 aromatic heterocycles. The Morgan fingerprint density at radius 2 is 1.85 bits per heavy atom. The van der Waals surface area contributed by atoms with Gasteiger partial charge in [0.2, 0.25) is 0 Å². The van der Waals surface area contributed by atoms with Gasteiger partial charge in [0, 0.05) is 50.4 Å². The summed E-state index contributed by atoms with van der Waals surface area (Å²) in [6.07, 6.45) is 0. The normalized spacial score (nSPS) is 16.2. The van der Waals surface area contributed by atoms with Gasteiger partial charge in [-0.25, -0.2) is 9.07 Å². The number of piperazine rings is 1. The fraction of sp³-hybridized carbons (Fsp3) is 0.524. The molecule has 27 heavy (non-hydrogen) atoms. The second-order valence-corrected chi connectivity index (χ2v) is 7.98. The maximum absolute atomic E-state index is 13.7. The molecule has 5 nitrogen and oxygen atoms in total. The van der Waals surface area contributed by atoms with Crippen molar-refractivity contribution in [3.63, 3.8) is 0 Å². The first-order chi connectivity index (χ1) is 12.8. The van der Waals surface area contributed by atoms with Crippen molar-refractivity contribution < 1.29 is 4.39 Å². The Labute approximate surface area is 160 Å². The molecule has 0 saturated carbocycles. The van der Waals surface area contributed by atoms with Crippen LogP contribution in [0, 0.1) is 18.7 Å². The van der Waals surface area contributed by atoms with E-state index in [0.717, 1.165) is 43.0 Å². The summed E-state index contributed by atoms with van der Waals surface area (Å²) in [5.74, 6) is 0.0869. The summed E-state index contributed by atoms with van der Waals surface area (Å²) in [5, 5.41) is 4.57. The summed E-state index contributed by atoms with van der Waals surface area (Å²) in [5.41, 5.74) is 2.88. The standard InChI is InChI=1S/C21H29FN4O/c1-15(2)13-26-21(27)18(14-25-9-7-24(4)8-10-25)12-20(23-26)17-5-6-19(22)16(3)11-17/h5-6,11-12,15H,7-10,13-14H2,1-4H3. The quantitative estimate of drug-likeness (QED) is 0.809. The number of benzene rings is 1. The van der Waals surface area contributed by atoms with Crippen LogP contribution in [0.2, 0.25) is 0 Å². The van der Waals surface area contributed by atoms with Gasteiger partial charge in [-0.2, -0.15) is 5.10 Å². The summed E-state index contributed by atoms with van der Waals surface area (Å²) in [6, 6.07) is 6.87. The molecule has 6 heteroatoms. The number of aromatic nitrogens is 2. The highest BCUT2D eigenvalue weighted by Crippen LogP contribution is 2.20. The van der Waals surface area contributed by atoms with Gasteiger partial charge in [0.25, 0.3) is 5.56 Å². The molecule has 146 valence electrons. The molecule has 0 aliphatic carbocycles. The average Bonchev–Trinajstić information content (AvgIpc) is 2.62. The van der Waals surface area contributed by atoms with Gasteiger partial charge in [-0.15, -0.1) is 0 Å². The van der Waals surface area contributed by atoms with Crippen molar-refractivity contribution in [2.45, 2.75) is 33.9 Å². The average molecular weight is 372 g/mol. The molecule has 0 N–H and O–H groups in total. The Balaban J connectivity index is 1.98. The highest BCUT2D eigenvalue weighted by Gasteiger charge is 2.18. The molecule has 0 spiro atoms. The lowest BCUT2D eigenvalue weighted by molar-refractivity contribution is 0.147. The van der Waals surface area contributed by atoms with Gasteiger partial charge in [0.1, 0.15) is 5.82 Å². The van der Waals surface area contributed by atoms with Gasteiger partial charge in [0.15, 0.2) is 0 Å². The molecule has 0 unspecified atom stereocenters. The Kier molecular flexibility index (Phi) is 6.07. The van der Waals surface area contributed by atoms with Crippen LogP contribution in [0.15, 0.2) is 29.1 Å². The molecule has 2 aromatic rings. The van der Waals surface area contributed by atoms with Crippen molar-refractivity contribution in [3.8, 4) is 11.3 Å². The van der Waals surface area contributed by atoms with Crippen LogP contribution >= 0.6 is 0 Å². The van der Waals surface area contributed by atoms with E-state index in [1.807, 2.05) is 6.07 Å². The van der Waals surface area contributed by atoms with Crippen molar-refractivity contribution in [2.75, 3.05) is 33.2 Å². The van der Waals surface area contributed by atoms with Crippen molar-refractivity contribution in [3.05, 3.63) is 51.6 Å². The van der Waals surface area contributed by atoms with Crippen molar-refractivity contribution in [1.82, 2.24) is 19.6 Å². The molecule has 1 fully saturated rings. The Bertz CT molecular complexity index is 854. The smallest absolute Gasteiger partial charge is 0.271 e. The lowest BCUT2D eigenvalue weighted by atomic mass is 10.1. The fourth-order valence-electron chi connectivity index (χ4n) is 3.37. The van der Waals surface area contributed by atoms with Crippen LogP contribution in [0.3, 0.4) is 0 Å². The van der Waals surface area contributed by atoms with Gasteiger partial charge in [0.05, 0.1) is 5.69 Å². The zero-order valence-electron chi connectivity index (χ0n) is 16.7. The first-order valence-corrected chi connectivity index (χ1v) is 9.62. The number of hydrogen-bond acceptors (Lipinski definition) is 4. The second kappa shape index (κ2) is 8.31. The maximum Gasteiger partial charge on any atom is 0.271 e. The molecule has 2 heterocycles. The Morgan fingerprint density at radius 1 is 1.15 bits per heavy atom. The summed E-state index contributed by atoms with van der Waals surface area (Å²) >= 11 is 0. The number of hydrogen-bond donors (Lipinski definition) is 0. The summed E-state index contributed by atoms with van der Waals surface area (Å²) < 4.78 is 15.2. The van der Waals surface area contributed by atoms with Crippen LogP contribution in [0.1, 0.15) is 25.0 Å². The molecular formula is C21H29FN4O.